The van der Waals surface area contributed by atoms with E-state index in [-0.39, 0.29) is 10.9 Å². The second-order valence-electron chi connectivity index (χ2n) is 9.74. The number of nitrogens with zero attached hydrogens (tertiary/aromatic N) is 4. The van der Waals surface area contributed by atoms with Crippen LogP contribution >= 0.6 is 11.6 Å². The molecule has 40 heavy (non-hydrogen) atoms. The van der Waals surface area contributed by atoms with Crippen LogP contribution in [0, 0.1) is 6.92 Å². The van der Waals surface area contributed by atoms with Gasteiger partial charge in [-0.1, -0.05) is 71.8 Å². The van der Waals surface area contributed by atoms with Crippen LogP contribution in [0.15, 0.2) is 119 Å². The molecule has 1 atom stereocenters. The predicted octanol–water partition coefficient (Wildman–Crippen LogP) is 6.50. The minimum atomic E-state index is -3.82. The van der Waals surface area contributed by atoms with Crippen LogP contribution in [0.25, 0.3) is 16.9 Å². The maximum atomic E-state index is 11.9. The zero-order chi connectivity index (χ0) is 27.9. The van der Waals surface area contributed by atoms with Crippen molar-refractivity contribution < 1.29 is 8.42 Å². The number of halogens is 1. The first-order valence-corrected chi connectivity index (χ1v) is 14.7. The molecule has 9 heteroatoms. The Kier molecular flexibility index (Phi) is 6.75. The number of primary sulfonamides is 1. The van der Waals surface area contributed by atoms with Crippen LogP contribution in [0.4, 0.5) is 5.69 Å². The third-order valence-electron chi connectivity index (χ3n) is 6.96. The molecule has 2 heterocycles. The lowest BCUT2D eigenvalue weighted by Gasteiger charge is -2.24. The Morgan fingerprint density at radius 3 is 2.12 bits per heavy atom. The van der Waals surface area contributed by atoms with Crippen LogP contribution in [0.2, 0.25) is 5.02 Å². The van der Waals surface area contributed by atoms with Gasteiger partial charge in [-0.25, -0.2) is 18.2 Å². The molecule has 2 N–H and O–H groups in total. The van der Waals surface area contributed by atoms with Gasteiger partial charge in [0.25, 0.3) is 0 Å². The van der Waals surface area contributed by atoms with Gasteiger partial charge < -0.3 is 0 Å². The molecule has 0 saturated carbocycles. The highest BCUT2D eigenvalue weighted by Gasteiger charge is 2.34. The van der Waals surface area contributed by atoms with Gasteiger partial charge in [-0.15, -0.1) is 0 Å². The average Bonchev–Trinajstić information content (AvgIpc) is 3.59. The largest absolute Gasteiger partial charge is 0.257 e. The van der Waals surface area contributed by atoms with Gasteiger partial charge >= 0.3 is 0 Å². The number of para-hydroxylation sites is 1. The van der Waals surface area contributed by atoms with Gasteiger partial charge in [0.05, 0.1) is 33.7 Å². The molecule has 0 saturated heterocycles. The second-order valence-corrected chi connectivity index (χ2v) is 11.7. The van der Waals surface area contributed by atoms with Crippen molar-refractivity contribution in [3.8, 4) is 16.9 Å². The normalized spacial score (nSPS) is 15.3. The van der Waals surface area contributed by atoms with Gasteiger partial charge in [-0.05, 0) is 61.0 Å². The Bertz CT molecular complexity index is 1800. The molecular formula is C31H26ClN5O2S. The van der Waals surface area contributed by atoms with Gasteiger partial charge in [-0.2, -0.15) is 10.2 Å². The maximum absolute atomic E-state index is 11.9. The van der Waals surface area contributed by atoms with E-state index in [1.807, 2.05) is 64.3 Å². The fourth-order valence-electron chi connectivity index (χ4n) is 4.88. The smallest absolute Gasteiger partial charge is 0.238 e. The lowest BCUT2D eigenvalue weighted by Crippen LogP contribution is -2.19. The van der Waals surface area contributed by atoms with Gasteiger partial charge in [0, 0.05) is 28.8 Å². The minimum Gasteiger partial charge on any atom is -0.257 e. The summed E-state index contributed by atoms with van der Waals surface area (Å²) in [4.78, 5) is 0.0474. The zero-order valence-electron chi connectivity index (χ0n) is 21.6. The summed E-state index contributed by atoms with van der Waals surface area (Å²) in [6, 6.07) is 32.2. The number of rotatable bonds is 6. The average molecular weight is 568 g/mol. The summed E-state index contributed by atoms with van der Waals surface area (Å²) >= 11 is 6.16. The summed E-state index contributed by atoms with van der Waals surface area (Å²) in [7, 11) is -3.82. The van der Waals surface area contributed by atoms with E-state index in [0.29, 0.717) is 11.4 Å². The molecule has 1 aliphatic rings. The van der Waals surface area contributed by atoms with Crippen molar-refractivity contribution in [3.63, 3.8) is 0 Å². The van der Waals surface area contributed by atoms with Gasteiger partial charge in [0.2, 0.25) is 10.0 Å². The van der Waals surface area contributed by atoms with E-state index in [2.05, 4.69) is 37.4 Å². The first-order chi connectivity index (χ1) is 19.3. The molecule has 0 bridgehead atoms. The van der Waals surface area contributed by atoms with Gasteiger partial charge in [0.15, 0.2) is 0 Å². The molecule has 0 radical (unpaired) electrons. The Morgan fingerprint density at radius 2 is 1.48 bits per heavy atom. The highest BCUT2D eigenvalue weighted by molar-refractivity contribution is 7.89. The molecule has 4 aromatic carbocycles. The SMILES string of the molecule is Cc1ccc(-c2nn(-c3ccccc3)cc2C2CC(c3ccc(Cl)cc3)=NN2c2ccc(S(N)(=O)=O)cc2)cc1. The topological polar surface area (TPSA) is 93.6 Å². The molecule has 1 aliphatic heterocycles. The second kappa shape index (κ2) is 10.4. The fraction of sp³-hybridized carbons (Fsp3) is 0.0968. The molecule has 1 aromatic heterocycles. The number of hydrogen-bond acceptors (Lipinski definition) is 5. The van der Waals surface area contributed by atoms with Crippen LogP contribution in [-0.2, 0) is 10.0 Å². The quantitative estimate of drug-likeness (QED) is 0.253. The number of aromatic nitrogens is 2. The number of sulfonamides is 1. The van der Waals surface area contributed by atoms with Crippen LogP contribution in [0.1, 0.15) is 29.2 Å². The monoisotopic (exact) mass is 567 g/mol. The summed E-state index contributed by atoms with van der Waals surface area (Å²) in [6.45, 7) is 2.06. The van der Waals surface area contributed by atoms with E-state index in [9.17, 15) is 8.42 Å². The lowest BCUT2D eigenvalue weighted by molar-refractivity contribution is 0.597. The maximum Gasteiger partial charge on any atom is 0.238 e. The Morgan fingerprint density at radius 1 is 0.825 bits per heavy atom. The van der Waals surface area contributed by atoms with E-state index < -0.39 is 10.0 Å². The third-order valence-corrected chi connectivity index (χ3v) is 8.15. The number of hydrogen-bond donors (Lipinski definition) is 1. The van der Waals surface area contributed by atoms with Crippen molar-refractivity contribution in [2.45, 2.75) is 24.3 Å². The molecule has 0 spiro atoms. The first-order valence-electron chi connectivity index (χ1n) is 12.7. The lowest BCUT2D eigenvalue weighted by atomic mass is 9.96. The molecule has 0 aliphatic carbocycles. The van der Waals surface area contributed by atoms with Crippen LogP contribution in [-0.4, -0.2) is 23.9 Å². The Balaban J connectivity index is 1.50. The van der Waals surface area contributed by atoms with E-state index in [4.69, 9.17) is 26.9 Å². The van der Waals surface area contributed by atoms with Crippen LogP contribution in [0.5, 0.6) is 0 Å². The standard InChI is InChI=1S/C31H26ClN5O2S/c1-21-7-9-23(10-8-21)31-28(20-36(35-31)25-5-3-2-4-6-25)30-19-29(22-11-13-24(32)14-12-22)34-37(30)26-15-17-27(18-16-26)40(33,38)39/h2-18,20,30H,19H2,1H3,(H2,33,38,39). The van der Waals surface area contributed by atoms with E-state index in [1.54, 1.807) is 12.1 Å². The molecule has 0 fully saturated rings. The van der Waals surface area contributed by atoms with E-state index in [1.165, 1.54) is 17.7 Å². The predicted molar refractivity (Wildman–Crippen MR) is 159 cm³/mol. The highest BCUT2D eigenvalue weighted by atomic mass is 35.5. The molecule has 0 amide bonds. The number of anilines is 1. The van der Waals surface area contributed by atoms with Crippen molar-refractivity contribution >= 4 is 33.0 Å². The number of benzene rings is 4. The molecule has 5 aromatic rings. The zero-order valence-corrected chi connectivity index (χ0v) is 23.2. The van der Waals surface area contributed by atoms with Crippen molar-refractivity contribution in [2.75, 3.05) is 5.01 Å². The summed E-state index contributed by atoms with van der Waals surface area (Å²) in [6.07, 6.45) is 2.67. The van der Waals surface area contributed by atoms with Gasteiger partial charge in [-0.3, -0.25) is 5.01 Å². The van der Waals surface area contributed by atoms with E-state index >= 15 is 0 Å². The fourth-order valence-corrected chi connectivity index (χ4v) is 5.52. The summed E-state index contributed by atoms with van der Waals surface area (Å²) in [5, 5.41) is 18.0. The summed E-state index contributed by atoms with van der Waals surface area (Å²) in [5.41, 5.74) is 7.55. The van der Waals surface area contributed by atoms with Crippen molar-refractivity contribution in [1.82, 2.24) is 9.78 Å². The summed E-state index contributed by atoms with van der Waals surface area (Å²) in [5.74, 6) is 0. The van der Waals surface area contributed by atoms with Crippen molar-refractivity contribution in [1.29, 1.82) is 0 Å². The number of nitrogens with two attached hydrogens (primary N) is 1. The Hall–Kier alpha value is -4.24. The minimum absolute atomic E-state index is 0.0474. The molecular weight excluding hydrogens is 542 g/mol. The third kappa shape index (κ3) is 5.16. The number of aryl methyl sites for hydroxylation is 1. The van der Waals surface area contributed by atoms with Crippen molar-refractivity contribution in [3.05, 3.63) is 131 Å². The highest BCUT2D eigenvalue weighted by Crippen LogP contribution is 2.41. The molecule has 1 unspecified atom stereocenters. The van der Waals surface area contributed by atoms with E-state index in [0.717, 1.165) is 39.5 Å². The number of hydrazone groups is 1. The first kappa shape index (κ1) is 26.0. The van der Waals surface area contributed by atoms with Crippen LogP contribution < -0.4 is 10.1 Å². The molecule has 6 rings (SSSR count). The van der Waals surface area contributed by atoms with Gasteiger partial charge in [0.1, 0.15) is 0 Å². The molecule has 7 nitrogen and oxygen atoms in total. The van der Waals surface area contributed by atoms with Crippen molar-refractivity contribution in [2.24, 2.45) is 10.2 Å². The molecule has 200 valence electrons. The Labute approximate surface area is 238 Å². The summed E-state index contributed by atoms with van der Waals surface area (Å²) < 4.78 is 25.7. The van der Waals surface area contributed by atoms with Crippen LogP contribution in [0.3, 0.4) is 0 Å².